The van der Waals surface area contributed by atoms with Gasteiger partial charge >= 0.3 is 0 Å². The van der Waals surface area contributed by atoms with Gasteiger partial charge in [-0.1, -0.05) is 141 Å². The van der Waals surface area contributed by atoms with Crippen molar-refractivity contribution in [2.24, 2.45) is 0 Å². The van der Waals surface area contributed by atoms with Gasteiger partial charge in [0.2, 0.25) is 0 Å². The highest BCUT2D eigenvalue weighted by molar-refractivity contribution is 7.22. The van der Waals surface area contributed by atoms with Crippen LogP contribution >= 0.6 is 11.3 Å². The number of fused-ring (bicyclic) bond motifs is 8. The summed E-state index contributed by atoms with van der Waals surface area (Å²) in [5.41, 5.74) is 16.3. The van der Waals surface area contributed by atoms with E-state index in [1.54, 1.807) is 0 Å². The van der Waals surface area contributed by atoms with Crippen molar-refractivity contribution in [3.05, 3.63) is 199 Å². The number of rotatable bonds is 6. The third kappa shape index (κ3) is 5.16. The van der Waals surface area contributed by atoms with Gasteiger partial charge in [0.25, 0.3) is 0 Å². The molecule has 2 nitrogen and oxygen atoms in total. The van der Waals surface area contributed by atoms with Crippen LogP contribution in [-0.2, 0) is 5.41 Å². The molecule has 0 saturated heterocycles. The van der Waals surface area contributed by atoms with E-state index in [1.165, 1.54) is 65.0 Å². The highest BCUT2D eigenvalue weighted by Gasteiger charge is 2.40. The summed E-state index contributed by atoms with van der Waals surface area (Å²) in [6, 6.07) is 67.8. The van der Waals surface area contributed by atoms with Gasteiger partial charge in [-0.3, -0.25) is 0 Å². The second-order valence-electron chi connectivity index (χ2n) is 15.3. The first-order valence-corrected chi connectivity index (χ1v) is 20.1. The Morgan fingerprint density at radius 3 is 1.59 bits per heavy atom. The third-order valence-electron chi connectivity index (χ3n) is 11.6. The summed E-state index contributed by atoms with van der Waals surface area (Å²) in [6.45, 7) is 4.77. The van der Waals surface area contributed by atoms with Crippen LogP contribution in [0.2, 0.25) is 0 Å². The fourth-order valence-corrected chi connectivity index (χ4v) is 10.4. The molecule has 2 heterocycles. The van der Waals surface area contributed by atoms with E-state index in [0.29, 0.717) is 0 Å². The monoisotopic (exact) mass is 735 g/mol. The average molecular weight is 736 g/mol. The molecule has 11 rings (SSSR count). The number of thiophene rings is 1. The molecule has 1 aliphatic rings. The predicted octanol–water partition coefficient (Wildman–Crippen LogP) is 15.6. The zero-order valence-corrected chi connectivity index (χ0v) is 32.0. The Hall–Kier alpha value is -6.68. The standard InChI is InChI=1S/C53H37NOS/c1-53(2)50-42(17-11-18-46(50)52-51(53)45-16-9-10-19-49(45)56-52)38-24-30-43-44-31-29-41(33-48(44)55-47(43)32-38)54(39-25-20-36(21-26-39)34-12-5-3-6-13-34)40-27-22-37(23-28-40)35-14-7-4-8-15-35/h3-33H,1-2H3. The topological polar surface area (TPSA) is 16.4 Å². The van der Waals surface area contributed by atoms with Gasteiger partial charge in [-0.2, -0.15) is 0 Å². The van der Waals surface area contributed by atoms with Crippen LogP contribution in [0.25, 0.3) is 75.8 Å². The van der Waals surface area contributed by atoms with Gasteiger partial charge in [-0.05, 0) is 110 Å². The Bertz CT molecular complexity index is 3000. The Labute approximate surface area is 330 Å². The Morgan fingerprint density at radius 2 is 0.929 bits per heavy atom. The fourth-order valence-electron chi connectivity index (χ4n) is 9.02. The molecule has 0 radical (unpaired) electrons. The maximum absolute atomic E-state index is 6.78. The van der Waals surface area contributed by atoms with Crippen molar-refractivity contribution in [2.45, 2.75) is 19.3 Å². The van der Waals surface area contributed by atoms with Crippen LogP contribution in [0, 0.1) is 0 Å². The summed E-state index contributed by atoms with van der Waals surface area (Å²) in [7, 11) is 0. The first-order valence-electron chi connectivity index (χ1n) is 19.2. The summed E-state index contributed by atoms with van der Waals surface area (Å²) < 4.78 is 8.14. The highest BCUT2D eigenvalue weighted by Crippen LogP contribution is 2.57. The first kappa shape index (κ1) is 32.7. The number of furan rings is 1. The van der Waals surface area contributed by atoms with E-state index < -0.39 is 0 Å². The molecule has 56 heavy (non-hydrogen) atoms. The van der Waals surface area contributed by atoms with Gasteiger partial charge < -0.3 is 9.32 Å². The lowest BCUT2D eigenvalue weighted by molar-refractivity contribution is 0.666. The summed E-state index contributed by atoms with van der Waals surface area (Å²) in [5, 5.41) is 3.61. The second-order valence-corrected chi connectivity index (χ2v) is 16.4. The number of anilines is 3. The van der Waals surface area contributed by atoms with Crippen LogP contribution in [0.5, 0.6) is 0 Å². The van der Waals surface area contributed by atoms with Gasteiger partial charge in [0.15, 0.2) is 0 Å². The van der Waals surface area contributed by atoms with Crippen molar-refractivity contribution in [3.8, 4) is 43.8 Å². The Morgan fingerprint density at radius 1 is 0.411 bits per heavy atom. The highest BCUT2D eigenvalue weighted by atomic mass is 32.1. The molecule has 0 atom stereocenters. The zero-order chi connectivity index (χ0) is 37.4. The summed E-state index contributed by atoms with van der Waals surface area (Å²) in [6.07, 6.45) is 0. The minimum atomic E-state index is -0.124. The van der Waals surface area contributed by atoms with Gasteiger partial charge in [-0.15, -0.1) is 11.3 Å². The van der Waals surface area contributed by atoms with Gasteiger partial charge in [0, 0.05) is 48.9 Å². The number of hydrogen-bond acceptors (Lipinski definition) is 3. The molecule has 3 heteroatoms. The molecule has 0 unspecified atom stereocenters. The summed E-state index contributed by atoms with van der Waals surface area (Å²) in [4.78, 5) is 3.72. The van der Waals surface area contributed by atoms with Crippen molar-refractivity contribution in [2.75, 3.05) is 4.90 Å². The van der Waals surface area contributed by atoms with Gasteiger partial charge in [0.1, 0.15) is 11.2 Å². The molecule has 2 aromatic heterocycles. The molecule has 10 aromatic rings. The predicted molar refractivity (Wildman–Crippen MR) is 238 cm³/mol. The molecule has 0 fully saturated rings. The van der Waals surface area contributed by atoms with Crippen molar-refractivity contribution >= 4 is 60.4 Å². The van der Waals surface area contributed by atoms with E-state index >= 15 is 0 Å². The number of hydrogen-bond donors (Lipinski definition) is 0. The van der Waals surface area contributed by atoms with Crippen LogP contribution in [0.15, 0.2) is 192 Å². The molecule has 1 aliphatic carbocycles. The fraction of sp³-hybridized carbons (Fsp3) is 0.0566. The molecular formula is C53H37NOS. The number of nitrogens with zero attached hydrogens (tertiary/aromatic N) is 1. The molecule has 8 aromatic carbocycles. The van der Waals surface area contributed by atoms with E-state index in [9.17, 15) is 0 Å². The van der Waals surface area contributed by atoms with E-state index in [4.69, 9.17) is 4.42 Å². The van der Waals surface area contributed by atoms with Gasteiger partial charge in [0.05, 0.1) is 0 Å². The maximum atomic E-state index is 6.78. The molecule has 0 aliphatic heterocycles. The van der Waals surface area contributed by atoms with Gasteiger partial charge in [-0.25, -0.2) is 0 Å². The van der Waals surface area contributed by atoms with Crippen molar-refractivity contribution in [1.82, 2.24) is 0 Å². The molecular weight excluding hydrogens is 699 g/mol. The third-order valence-corrected chi connectivity index (χ3v) is 12.8. The largest absolute Gasteiger partial charge is 0.456 e. The summed E-state index contributed by atoms with van der Waals surface area (Å²) in [5.74, 6) is 0. The molecule has 0 amide bonds. The SMILES string of the molecule is CC1(C)c2c(-c3ccc4c(c3)oc3cc(N(c5ccc(-c6ccccc6)cc5)c5ccc(-c6ccccc6)cc5)ccc34)cccc2-c2sc3ccccc3c21. The van der Waals surface area contributed by atoms with Crippen molar-refractivity contribution in [1.29, 1.82) is 0 Å². The van der Waals surface area contributed by atoms with Crippen molar-refractivity contribution < 1.29 is 4.42 Å². The smallest absolute Gasteiger partial charge is 0.137 e. The van der Waals surface area contributed by atoms with E-state index in [2.05, 4.69) is 207 Å². The Kier molecular flexibility index (Phi) is 7.42. The molecule has 0 N–H and O–H groups in total. The maximum Gasteiger partial charge on any atom is 0.137 e. The van der Waals surface area contributed by atoms with E-state index in [-0.39, 0.29) is 5.41 Å². The number of benzene rings is 8. The lowest BCUT2D eigenvalue weighted by Crippen LogP contribution is -2.16. The molecule has 266 valence electrons. The minimum Gasteiger partial charge on any atom is -0.456 e. The van der Waals surface area contributed by atoms with Crippen LogP contribution in [0.3, 0.4) is 0 Å². The Balaban J connectivity index is 1.00. The molecule has 0 spiro atoms. The minimum absolute atomic E-state index is 0.124. The lowest BCUT2D eigenvalue weighted by atomic mass is 9.78. The van der Waals surface area contributed by atoms with Crippen LogP contribution in [0.1, 0.15) is 25.0 Å². The van der Waals surface area contributed by atoms with Crippen LogP contribution in [0.4, 0.5) is 17.1 Å². The lowest BCUT2D eigenvalue weighted by Gasteiger charge is -2.26. The zero-order valence-electron chi connectivity index (χ0n) is 31.2. The van der Waals surface area contributed by atoms with Crippen LogP contribution in [-0.4, -0.2) is 0 Å². The second kappa shape index (κ2) is 12.7. The summed E-state index contributed by atoms with van der Waals surface area (Å²) >= 11 is 1.92. The average Bonchev–Trinajstić information content (AvgIpc) is 3.90. The van der Waals surface area contributed by atoms with E-state index in [1.807, 2.05) is 11.3 Å². The molecule has 0 saturated carbocycles. The molecule has 0 bridgehead atoms. The van der Waals surface area contributed by atoms with Crippen LogP contribution < -0.4 is 4.90 Å². The van der Waals surface area contributed by atoms with Crippen molar-refractivity contribution in [3.63, 3.8) is 0 Å². The first-order chi connectivity index (χ1) is 27.5. The normalized spacial score (nSPS) is 13.0. The quantitative estimate of drug-likeness (QED) is 0.169. The van der Waals surface area contributed by atoms with E-state index in [0.717, 1.165) is 39.0 Å².